The van der Waals surface area contributed by atoms with E-state index in [1.807, 2.05) is 43.4 Å². The van der Waals surface area contributed by atoms with E-state index in [1.165, 1.54) is 0 Å². The lowest BCUT2D eigenvalue weighted by atomic mass is 10.2. The van der Waals surface area contributed by atoms with Gasteiger partial charge < -0.3 is 15.4 Å². The monoisotopic (exact) mass is 286 g/mol. The molecular weight excluding hydrogens is 264 g/mol. The lowest BCUT2D eigenvalue weighted by molar-refractivity contribution is 0.191. The fraction of sp³-hybridized carbons (Fsp3) is 0.375. The molecule has 2 N–H and O–H groups in total. The molecule has 112 valence electrons. The van der Waals surface area contributed by atoms with Crippen LogP contribution in [0.15, 0.2) is 36.4 Å². The number of ether oxygens (including phenoxy) is 1. The molecule has 21 heavy (non-hydrogen) atoms. The van der Waals surface area contributed by atoms with Gasteiger partial charge in [-0.2, -0.15) is 0 Å². The first-order valence-corrected chi connectivity index (χ1v) is 7.10. The minimum Gasteiger partial charge on any atom is -0.385 e. The summed E-state index contributed by atoms with van der Waals surface area (Å²) in [5.41, 5.74) is 1.00. The molecule has 1 unspecified atom stereocenters. The van der Waals surface area contributed by atoms with E-state index in [4.69, 9.17) is 4.74 Å². The Hall–Kier alpha value is -2.14. The van der Waals surface area contributed by atoms with Gasteiger partial charge in [0.1, 0.15) is 11.6 Å². The number of nitrogens with zero attached hydrogens (tertiary/aromatic N) is 2. The standard InChI is InChI=1S/C16H22N4O/c1-12(9-10-21-3)18-15-11-14(17-2)19-16(20-15)13-7-5-4-6-8-13/h4-8,11-12H,9-10H2,1-3H3,(H2,17,18,19,20). The van der Waals surface area contributed by atoms with Gasteiger partial charge in [0.25, 0.3) is 0 Å². The molecule has 1 aromatic heterocycles. The van der Waals surface area contributed by atoms with Crippen molar-refractivity contribution in [2.75, 3.05) is 31.4 Å². The Morgan fingerprint density at radius 3 is 2.52 bits per heavy atom. The maximum Gasteiger partial charge on any atom is 0.163 e. The van der Waals surface area contributed by atoms with Gasteiger partial charge in [-0.15, -0.1) is 0 Å². The fourth-order valence-electron chi connectivity index (χ4n) is 1.98. The third kappa shape index (κ3) is 4.43. The molecule has 0 aliphatic heterocycles. The number of anilines is 2. The molecule has 0 saturated carbocycles. The number of hydrogen-bond donors (Lipinski definition) is 2. The van der Waals surface area contributed by atoms with Gasteiger partial charge in [0, 0.05) is 38.4 Å². The smallest absolute Gasteiger partial charge is 0.163 e. The summed E-state index contributed by atoms with van der Waals surface area (Å²) < 4.78 is 5.10. The Morgan fingerprint density at radius 1 is 1.14 bits per heavy atom. The average Bonchev–Trinajstić information content (AvgIpc) is 2.53. The van der Waals surface area contributed by atoms with E-state index in [0.717, 1.165) is 30.2 Å². The minimum absolute atomic E-state index is 0.285. The van der Waals surface area contributed by atoms with Crippen molar-refractivity contribution in [3.8, 4) is 11.4 Å². The molecule has 0 saturated heterocycles. The summed E-state index contributed by atoms with van der Waals surface area (Å²) in [6.07, 6.45) is 0.927. The Kier molecular flexibility index (Phi) is 5.51. The maximum absolute atomic E-state index is 5.10. The number of nitrogens with one attached hydrogen (secondary N) is 2. The van der Waals surface area contributed by atoms with Crippen molar-refractivity contribution in [1.82, 2.24) is 9.97 Å². The Morgan fingerprint density at radius 2 is 1.86 bits per heavy atom. The zero-order valence-electron chi connectivity index (χ0n) is 12.8. The van der Waals surface area contributed by atoms with Gasteiger partial charge in [-0.25, -0.2) is 9.97 Å². The fourth-order valence-corrected chi connectivity index (χ4v) is 1.98. The highest BCUT2D eigenvalue weighted by molar-refractivity contribution is 5.61. The van der Waals surface area contributed by atoms with E-state index >= 15 is 0 Å². The number of methoxy groups -OCH3 is 1. The summed E-state index contributed by atoms with van der Waals surface area (Å²) in [7, 11) is 3.57. The van der Waals surface area contributed by atoms with Crippen molar-refractivity contribution in [2.45, 2.75) is 19.4 Å². The van der Waals surface area contributed by atoms with Crippen LogP contribution in [-0.4, -0.2) is 36.8 Å². The molecule has 5 heteroatoms. The van der Waals surface area contributed by atoms with Gasteiger partial charge in [-0.1, -0.05) is 30.3 Å². The zero-order valence-corrected chi connectivity index (χ0v) is 12.8. The quantitative estimate of drug-likeness (QED) is 0.819. The van der Waals surface area contributed by atoms with Gasteiger partial charge >= 0.3 is 0 Å². The molecule has 1 heterocycles. The molecule has 0 bridgehead atoms. The molecule has 2 rings (SSSR count). The van der Waals surface area contributed by atoms with Crippen molar-refractivity contribution in [2.24, 2.45) is 0 Å². The van der Waals surface area contributed by atoms with Crippen LogP contribution >= 0.6 is 0 Å². The maximum atomic E-state index is 5.10. The van der Waals surface area contributed by atoms with Gasteiger partial charge in [0.2, 0.25) is 0 Å². The van der Waals surface area contributed by atoms with Crippen LogP contribution in [0.5, 0.6) is 0 Å². The molecule has 1 atom stereocenters. The Balaban J connectivity index is 2.22. The van der Waals surface area contributed by atoms with Crippen LogP contribution in [0.4, 0.5) is 11.6 Å². The molecule has 0 amide bonds. The number of hydrogen-bond acceptors (Lipinski definition) is 5. The third-order valence-corrected chi connectivity index (χ3v) is 3.16. The minimum atomic E-state index is 0.285. The highest BCUT2D eigenvalue weighted by Gasteiger charge is 2.08. The van der Waals surface area contributed by atoms with Crippen molar-refractivity contribution in [3.05, 3.63) is 36.4 Å². The molecule has 1 aromatic carbocycles. The molecule has 5 nitrogen and oxygen atoms in total. The van der Waals surface area contributed by atoms with Gasteiger partial charge in [0.05, 0.1) is 0 Å². The SMILES string of the molecule is CNc1cc(NC(C)CCOC)nc(-c2ccccc2)n1. The normalized spacial score (nSPS) is 12.0. The van der Waals surface area contributed by atoms with E-state index in [1.54, 1.807) is 7.11 Å². The van der Waals surface area contributed by atoms with Gasteiger partial charge in [0.15, 0.2) is 5.82 Å². The van der Waals surface area contributed by atoms with E-state index in [2.05, 4.69) is 27.5 Å². The second-order valence-corrected chi connectivity index (χ2v) is 4.90. The molecular formula is C16H22N4O. The first-order valence-electron chi connectivity index (χ1n) is 7.10. The molecule has 0 aliphatic rings. The Bertz CT molecular complexity index is 559. The summed E-state index contributed by atoms with van der Waals surface area (Å²) >= 11 is 0. The zero-order chi connectivity index (χ0) is 15.1. The van der Waals surface area contributed by atoms with E-state index in [0.29, 0.717) is 5.82 Å². The number of aromatic nitrogens is 2. The van der Waals surface area contributed by atoms with E-state index in [9.17, 15) is 0 Å². The van der Waals surface area contributed by atoms with Crippen LogP contribution in [0, 0.1) is 0 Å². The van der Waals surface area contributed by atoms with Gasteiger partial charge in [-0.05, 0) is 13.3 Å². The van der Waals surface area contributed by atoms with Crippen LogP contribution in [-0.2, 0) is 4.74 Å². The van der Waals surface area contributed by atoms with Gasteiger partial charge in [-0.3, -0.25) is 0 Å². The predicted molar refractivity (Wildman–Crippen MR) is 86.6 cm³/mol. The van der Waals surface area contributed by atoms with Crippen LogP contribution in [0.2, 0.25) is 0 Å². The van der Waals surface area contributed by atoms with Crippen molar-refractivity contribution in [3.63, 3.8) is 0 Å². The topological polar surface area (TPSA) is 59.1 Å². The van der Waals surface area contributed by atoms with Crippen molar-refractivity contribution >= 4 is 11.6 Å². The van der Waals surface area contributed by atoms with E-state index in [-0.39, 0.29) is 6.04 Å². The third-order valence-electron chi connectivity index (χ3n) is 3.16. The average molecular weight is 286 g/mol. The first-order chi connectivity index (χ1) is 10.2. The second-order valence-electron chi connectivity index (χ2n) is 4.90. The summed E-state index contributed by atoms with van der Waals surface area (Å²) in [5, 5.41) is 6.47. The lowest BCUT2D eigenvalue weighted by Gasteiger charge is -2.15. The lowest BCUT2D eigenvalue weighted by Crippen LogP contribution is -2.18. The van der Waals surface area contributed by atoms with Crippen LogP contribution in [0.1, 0.15) is 13.3 Å². The molecule has 2 aromatic rings. The first kappa shape index (κ1) is 15.3. The molecule has 0 aliphatic carbocycles. The number of benzene rings is 1. The highest BCUT2D eigenvalue weighted by atomic mass is 16.5. The van der Waals surface area contributed by atoms with Crippen LogP contribution < -0.4 is 10.6 Å². The van der Waals surface area contributed by atoms with Crippen molar-refractivity contribution < 1.29 is 4.74 Å². The second kappa shape index (κ2) is 7.59. The van der Waals surface area contributed by atoms with Crippen molar-refractivity contribution in [1.29, 1.82) is 0 Å². The Labute approximate surface area is 125 Å². The summed E-state index contributed by atoms with van der Waals surface area (Å²) in [5.74, 6) is 2.32. The summed E-state index contributed by atoms with van der Waals surface area (Å²) in [6, 6.07) is 12.2. The molecule has 0 fully saturated rings. The predicted octanol–water partition coefficient (Wildman–Crippen LogP) is 3.02. The summed E-state index contributed by atoms with van der Waals surface area (Å²) in [6.45, 7) is 2.84. The van der Waals surface area contributed by atoms with Crippen LogP contribution in [0.25, 0.3) is 11.4 Å². The summed E-state index contributed by atoms with van der Waals surface area (Å²) in [4.78, 5) is 9.10. The molecule has 0 radical (unpaired) electrons. The van der Waals surface area contributed by atoms with Crippen LogP contribution in [0.3, 0.4) is 0 Å². The largest absolute Gasteiger partial charge is 0.385 e. The van der Waals surface area contributed by atoms with E-state index < -0.39 is 0 Å². The number of rotatable bonds is 7. The highest BCUT2D eigenvalue weighted by Crippen LogP contribution is 2.20. The molecule has 0 spiro atoms.